The van der Waals surface area contributed by atoms with Gasteiger partial charge in [-0.3, -0.25) is 4.90 Å². The SMILES string of the molecule is C=C(C)CN1CC(CC(C)C)NCC1C. The predicted molar refractivity (Wildman–Crippen MR) is 67.1 cm³/mol. The molecule has 1 rings (SSSR count). The van der Waals surface area contributed by atoms with Gasteiger partial charge < -0.3 is 5.32 Å². The van der Waals surface area contributed by atoms with E-state index in [1.807, 2.05) is 0 Å². The second-order valence-electron chi connectivity index (χ2n) is 5.47. The molecule has 2 unspecified atom stereocenters. The third-order valence-corrected chi connectivity index (χ3v) is 3.01. The van der Waals surface area contributed by atoms with Gasteiger partial charge in [-0.2, -0.15) is 0 Å². The summed E-state index contributed by atoms with van der Waals surface area (Å²) in [5, 5.41) is 3.63. The van der Waals surface area contributed by atoms with E-state index in [0.29, 0.717) is 12.1 Å². The van der Waals surface area contributed by atoms with Gasteiger partial charge in [-0.15, -0.1) is 0 Å². The molecule has 0 aromatic rings. The third-order valence-electron chi connectivity index (χ3n) is 3.01. The minimum absolute atomic E-state index is 0.644. The molecule has 1 N–H and O–H groups in total. The summed E-state index contributed by atoms with van der Waals surface area (Å²) in [5.41, 5.74) is 1.27. The van der Waals surface area contributed by atoms with Gasteiger partial charge in [0.2, 0.25) is 0 Å². The first-order valence-corrected chi connectivity index (χ1v) is 6.11. The van der Waals surface area contributed by atoms with Crippen LogP contribution in [0.5, 0.6) is 0 Å². The summed E-state index contributed by atoms with van der Waals surface area (Å²) in [7, 11) is 0. The maximum absolute atomic E-state index is 4.01. The number of hydrogen-bond donors (Lipinski definition) is 1. The molecule has 0 spiro atoms. The van der Waals surface area contributed by atoms with Crippen LogP contribution >= 0.6 is 0 Å². The van der Waals surface area contributed by atoms with E-state index in [0.717, 1.165) is 19.0 Å². The van der Waals surface area contributed by atoms with Gasteiger partial charge in [0.05, 0.1) is 0 Å². The van der Waals surface area contributed by atoms with Crippen LogP contribution in [0.2, 0.25) is 0 Å². The van der Waals surface area contributed by atoms with Gasteiger partial charge in [0.25, 0.3) is 0 Å². The molecular weight excluding hydrogens is 184 g/mol. The lowest BCUT2D eigenvalue weighted by Gasteiger charge is -2.39. The van der Waals surface area contributed by atoms with Crippen LogP contribution in [0.4, 0.5) is 0 Å². The van der Waals surface area contributed by atoms with Gasteiger partial charge in [-0.25, -0.2) is 0 Å². The molecule has 1 saturated heterocycles. The fourth-order valence-corrected chi connectivity index (χ4v) is 2.29. The lowest BCUT2D eigenvalue weighted by molar-refractivity contribution is 0.143. The highest BCUT2D eigenvalue weighted by Crippen LogP contribution is 2.13. The zero-order chi connectivity index (χ0) is 11.4. The van der Waals surface area contributed by atoms with Crippen molar-refractivity contribution in [2.75, 3.05) is 19.6 Å². The van der Waals surface area contributed by atoms with Crippen LogP contribution in [0.25, 0.3) is 0 Å². The zero-order valence-corrected chi connectivity index (χ0v) is 10.7. The quantitative estimate of drug-likeness (QED) is 0.716. The Hall–Kier alpha value is -0.340. The van der Waals surface area contributed by atoms with Crippen molar-refractivity contribution in [1.82, 2.24) is 10.2 Å². The molecule has 1 aliphatic rings. The average Bonchev–Trinajstić information content (AvgIpc) is 2.09. The first-order valence-electron chi connectivity index (χ1n) is 6.11. The van der Waals surface area contributed by atoms with Crippen molar-refractivity contribution in [3.05, 3.63) is 12.2 Å². The van der Waals surface area contributed by atoms with E-state index in [1.165, 1.54) is 18.5 Å². The lowest BCUT2D eigenvalue weighted by atomic mass is 10.00. The van der Waals surface area contributed by atoms with Gasteiger partial charge >= 0.3 is 0 Å². The standard InChI is InChI=1S/C13H26N2/c1-10(2)6-13-9-15(8-11(3)4)12(5)7-14-13/h10,12-14H,3,6-9H2,1-2,4-5H3. The van der Waals surface area contributed by atoms with Gasteiger partial charge in [-0.1, -0.05) is 26.0 Å². The maximum atomic E-state index is 4.01. The number of hydrogen-bond acceptors (Lipinski definition) is 2. The molecule has 1 fully saturated rings. The molecule has 0 bridgehead atoms. The normalized spacial score (nSPS) is 28.3. The summed E-state index contributed by atoms with van der Waals surface area (Å²) in [4.78, 5) is 2.55. The Bertz CT molecular complexity index is 211. The summed E-state index contributed by atoms with van der Waals surface area (Å²) in [6.07, 6.45) is 1.28. The molecule has 0 amide bonds. The van der Waals surface area contributed by atoms with E-state index >= 15 is 0 Å². The summed E-state index contributed by atoms with van der Waals surface area (Å²) in [6.45, 7) is 16.3. The van der Waals surface area contributed by atoms with Crippen molar-refractivity contribution >= 4 is 0 Å². The van der Waals surface area contributed by atoms with Gasteiger partial charge in [0.15, 0.2) is 0 Å². The Morgan fingerprint density at radius 2 is 2.20 bits per heavy atom. The van der Waals surface area contributed by atoms with E-state index in [1.54, 1.807) is 0 Å². The summed E-state index contributed by atoms with van der Waals surface area (Å²) >= 11 is 0. The van der Waals surface area contributed by atoms with Crippen molar-refractivity contribution in [2.24, 2.45) is 5.92 Å². The van der Waals surface area contributed by atoms with Crippen LogP contribution in [-0.2, 0) is 0 Å². The van der Waals surface area contributed by atoms with Crippen molar-refractivity contribution in [2.45, 2.75) is 46.2 Å². The Morgan fingerprint density at radius 1 is 1.53 bits per heavy atom. The first kappa shape index (κ1) is 12.7. The fraction of sp³-hybridized carbons (Fsp3) is 0.846. The Morgan fingerprint density at radius 3 is 2.73 bits per heavy atom. The Labute approximate surface area is 94.7 Å². The van der Waals surface area contributed by atoms with Crippen LogP contribution in [0.15, 0.2) is 12.2 Å². The first-order chi connectivity index (χ1) is 6.99. The molecule has 0 aromatic carbocycles. The highest BCUT2D eigenvalue weighted by atomic mass is 15.2. The summed E-state index contributed by atoms with van der Waals surface area (Å²) < 4.78 is 0. The van der Waals surface area contributed by atoms with Crippen LogP contribution in [0, 0.1) is 5.92 Å². The molecule has 2 atom stereocenters. The van der Waals surface area contributed by atoms with Crippen LogP contribution in [-0.4, -0.2) is 36.6 Å². The van der Waals surface area contributed by atoms with Crippen molar-refractivity contribution < 1.29 is 0 Å². The lowest BCUT2D eigenvalue weighted by Crippen LogP contribution is -2.55. The maximum Gasteiger partial charge on any atom is 0.0198 e. The molecule has 2 heteroatoms. The molecule has 15 heavy (non-hydrogen) atoms. The van der Waals surface area contributed by atoms with Crippen molar-refractivity contribution in [3.63, 3.8) is 0 Å². The largest absolute Gasteiger partial charge is 0.311 e. The molecule has 1 aliphatic heterocycles. The number of nitrogens with one attached hydrogen (secondary N) is 1. The zero-order valence-electron chi connectivity index (χ0n) is 10.7. The number of rotatable bonds is 4. The van der Waals surface area contributed by atoms with Gasteiger partial charge in [-0.05, 0) is 26.2 Å². The second kappa shape index (κ2) is 5.66. The molecule has 2 nitrogen and oxygen atoms in total. The van der Waals surface area contributed by atoms with Crippen LogP contribution in [0.1, 0.15) is 34.1 Å². The summed E-state index contributed by atoms with van der Waals surface area (Å²) in [5.74, 6) is 0.780. The van der Waals surface area contributed by atoms with E-state index in [2.05, 4.69) is 44.5 Å². The van der Waals surface area contributed by atoms with Crippen molar-refractivity contribution in [3.8, 4) is 0 Å². The average molecular weight is 210 g/mol. The van der Waals surface area contributed by atoms with Gasteiger partial charge in [0.1, 0.15) is 0 Å². The Kier molecular flexibility index (Phi) is 4.81. The number of piperazine rings is 1. The molecule has 0 radical (unpaired) electrons. The van der Waals surface area contributed by atoms with E-state index in [4.69, 9.17) is 0 Å². The Balaban J connectivity index is 2.44. The fourth-order valence-electron chi connectivity index (χ4n) is 2.29. The van der Waals surface area contributed by atoms with Gasteiger partial charge in [0, 0.05) is 31.7 Å². The molecular formula is C13H26N2. The van der Waals surface area contributed by atoms with E-state index < -0.39 is 0 Å². The molecule has 1 heterocycles. The third kappa shape index (κ3) is 4.35. The monoisotopic (exact) mass is 210 g/mol. The molecule has 0 aliphatic carbocycles. The molecule has 88 valence electrons. The summed E-state index contributed by atoms with van der Waals surface area (Å²) in [6, 6.07) is 1.31. The smallest absolute Gasteiger partial charge is 0.0198 e. The number of nitrogens with zero attached hydrogens (tertiary/aromatic N) is 1. The van der Waals surface area contributed by atoms with Crippen molar-refractivity contribution in [1.29, 1.82) is 0 Å². The van der Waals surface area contributed by atoms with E-state index in [-0.39, 0.29) is 0 Å². The van der Waals surface area contributed by atoms with Crippen LogP contribution < -0.4 is 5.32 Å². The topological polar surface area (TPSA) is 15.3 Å². The minimum Gasteiger partial charge on any atom is -0.311 e. The van der Waals surface area contributed by atoms with E-state index in [9.17, 15) is 0 Å². The molecule has 0 aromatic heterocycles. The second-order valence-corrected chi connectivity index (χ2v) is 5.47. The van der Waals surface area contributed by atoms with Crippen LogP contribution in [0.3, 0.4) is 0 Å². The molecule has 0 saturated carbocycles. The minimum atomic E-state index is 0.644. The highest BCUT2D eigenvalue weighted by Gasteiger charge is 2.24. The highest BCUT2D eigenvalue weighted by molar-refractivity contribution is 4.96. The predicted octanol–water partition coefficient (Wildman–Crippen LogP) is 2.27.